The van der Waals surface area contributed by atoms with Gasteiger partial charge in [-0.05, 0) is 31.2 Å². The summed E-state index contributed by atoms with van der Waals surface area (Å²) in [5, 5.41) is 12.9. The van der Waals surface area contributed by atoms with Gasteiger partial charge in [-0.3, -0.25) is 0 Å². The van der Waals surface area contributed by atoms with Crippen LogP contribution in [-0.4, -0.2) is 12.5 Å². The summed E-state index contributed by atoms with van der Waals surface area (Å²) >= 11 is 0. The lowest BCUT2D eigenvalue weighted by Gasteiger charge is -2.11. The van der Waals surface area contributed by atoms with E-state index in [-0.39, 0.29) is 5.56 Å². The topological polar surface area (TPSA) is 56.7 Å². The van der Waals surface area contributed by atoms with Crippen LogP contribution in [0.5, 0.6) is 0 Å². The van der Waals surface area contributed by atoms with Crippen molar-refractivity contribution in [1.82, 2.24) is 0 Å². The summed E-state index contributed by atoms with van der Waals surface area (Å²) in [5.41, 5.74) is 3.01. The first-order chi connectivity index (χ1) is 9.25. The van der Waals surface area contributed by atoms with Gasteiger partial charge >= 0.3 is 0 Å². The molecule has 102 valence electrons. The molecule has 1 aliphatic carbocycles. The molecule has 1 aromatic carbocycles. The number of carbonyl (C=O) groups excluding carboxylic acids is 1. The van der Waals surface area contributed by atoms with Gasteiger partial charge < -0.3 is 15.2 Å². The number of hydrogen-bond donors (Lipinski definition) is 1. The number of carboxylic acids is 1. The fourth-order valence-electron chi connectivity index (χ4n) is 2.46. The minimum atomic E-state index is -1.11. The average molecular weight is 259 g/mol. The highest BCUT2D eigenvalue weighted by molar-refractivity contribution is 5.85. The molecule has 0 amide bonds. The first-order valence-electron chi connectivity index (χ1n) is 7.05. The Bertz CT molecular complexity index is 448. The van der Waals surface area contributed by atoms with E-state index >= 15 is 0 Å². The second-order valence-corrected chi connectivity index (χ2v) is 5.12. The number of rotatable bonds is 6. The smallest absolute Gasteiger partial charge is 0.101 e. The van der Waals surface area contributed by atoms with Gasteiger partial charge in [0, 0.05) is 12.0 Å². The third kappa shape index (κ3) is 4.52. The van der Waals surface area contributed by atoms with Crippen LogP contribution < -0.4 is 10.4 Å². The van der Waals surface area contributed by atoms with Crippen molar-refractivity contribution in [2.45, 2.75) is 38.6 Å². The van der Waals surface area contributed by atoms with Gasteiger partial charge in [0.05, 0.1) is 12.5 Å². The van der Waals surface area contributed by atoms with Crippen molar-refractivity contribution in [1.29, 1.82) is 0 Å². The SMILES string of the molecule is O=C([O-])c1ccc(C[NH2+]CCC2=CCCCC2)cc1. The molecule has 0 unspecified atom stereocenters. The van der Waals surface area contributed by atoms with Gasteiger partial charge in [-0.15, -0.1) is 0 Å². The van der Waals surface area contributed by atoms with Crippen molar-refractivity contribution in [3.8, 4) is 0 Å². The molecule has 3 nitrogen and oxygen atoms in total. The third-order valence-corrected chi connectivity index (χ3v) is 3.62. The summed E-state index contributed by atoms with van der Waals surface area (Å²) in [4.78, 5) is 10.6. The van der Waals surface area contributed by atoms with E-state index in [2.05, 4.69) is 11.4 Å². The lowest BCUT2D eigenvalue weighted by Crippen LogP contribution is -2.82. The van der Waals surface area contributed by atoms with E-state index in [0.717, 1.165) is 18.7 Å². The Morgan fingerprint density at radius 3 is 2.63 bits per heavy atom. The highest BCUT2D eigenvalue weighted by atomic mass is 16.4. The molecule has 0 fully saturated rings. The Morgan fingerprint density at radius 1 is 1.21 bits per heavy atom. The number of allylic oxidation sites excluding steroid dienone is 1. The quantitative estimate of drug-likeness (QED) is 0.612. The Morgan fingerprint density at radius 2 is 2.00 bits per heavy atom. The Balaban J connectivity index is 1.70. The van der Waals surface area contributed by atoms with E-state index in [4.69, 9.17) is 0 Å². The number of benzene rings is 1. The van der Waals surface area contributed by atoms with Gasteiger partial charge in [-0.1, -0.05) is 35.9 Å². The minimum Gasteiger partial charge on any atom is -0.545 e. The second-order valence-electron chi connectivity index (χ2n) is 5.12. The summed E-state index contributed by atoms with van der Waals surface area (Å²) in [6.07, 6.45) is 8.78. The zero-order valence-electron chi connectivity index (χ0n) is 11.2. The molecule has 0 bridgehead atoms. The predicted molar refractivity (Wildman–Crippen MR) is 72.4 cm³/mol. The first kappa shape index (κ1) is 13.8. The Hall–Kier alpha value is -1.61. The maximum atomic E-state index is 10.6. The maximum Gasteiger partial charge on any atom is 0.101 e. The first-order valence-corrected chi connectivity index (χ1v) is 7.05. The van der Waals surface area contributed by atoms with E-state index in [0.29, 0.717) is 0 Å². The number of quaternary nitrogens is 1. The average Bonchev–Trinajstić information content (AvgIpc) is 2.45. The van der Waals surface area contributed by atoms with Crippen molar-refractivity contribution < 1.29 is 15.2 Å². The number of carbonyl (C=O) groups is 1. The van der Waals surface area contributed by atoms with E-state index in [1.165, 1.54) is 32.1 Å². The molecular weight excluding hydrogens is 238 g/mol. The van der Waals surface area contributed by atoms with Gasteiger partial charge in [0.1, 0.15) is 6.54 Å². The van der Waals surface area contributed by atoms with E-state index in [1.54, 1.807) is 17.7 Å². The zero-order valence-corrected chi connectivity index (χ0v) is 11.2. The fourth-order valence-corrected chi connectivity index (χ4v) is 2.46. The number of carboxylic acid groups (broad SMARTS) is 1. The molecule has 2 N–H and O–H groups in total. The second kappa shape index (κ2) is 7.10. The molecule has 0 aliphatic heterocycles. The van der Waals surface area contributed by atoms with Crippen LogP contribution in [0.25, 0.3) is 0 Å². The molecule has 2 rings (SSSR count). The molecule has 0 radical (unpaired) electrons. The van der Waals surface area contributed by atoms with Gasteiger partial charge in [0.15, 0.2) is 0 Å². The Kier molecular flexibility index (Phi) is 5.16. The van der Waals surface area contributed by atoms with E-state index in [1.807, 2.05) is 12.1 Å². The highest BCUT2D eigenvalue weighted by Gasteiger charge is 2.04. The van der Waals surface area contributed by atoms with Gasteiger partial charge in [-0.25, -0.2) is 0 Å². The van der Waals surface area contributed by atoms with Crippen LogP contribution >= 0.6 is 0 Å². The van der Waals surface area contributed by atoms with Crippen LogP contribution in [0, 0.1) is 0 Å². The van der Waals surface area contributed by atoms with Crippen LogP contribution in [0.4, 0.5) is 0 Å². The van der Waals surface area contributed by atoms with Crippen LogP contribution in [-0.2, 0) is 6.54 Å². The maximum absolute atomic E-state index is 10.6. The minimum absolute atomic E-state index is 0.246. The number of hydrogen-bond acceptors (Lipinski definition) is 2. The summed E-state index contributed by atoms with van der Waals surface area (Å²) in [6.45, 7) is 2.01. The van der Waals surface area contributed by atoms with Crippen molar-refractivity contribution in [2.75, 3.05) is 6.54 Å². The van der Waals surface area contributed by atoms with E-state index in [9.17, 15) is 9.90 Å². The molecule has 0 saturated heterocycles. The lowest BCUT2D eigenvalue weighted by atomic mass is 9.97. The van der Waals surface area contributed by atoms with Gasteiger partial charge in [0.25, 0.3) is 0 Å². The normalized spacial score (nSPS) is 15.1. The molecule has 0 atom stereocenters. The van der Waals surface area contributed by atoms with Crippen LogP contribution in [0.2, 0.25) is 0 Å². The largest absolute Gasteiger partial charge is 0.545 e. The summed E-state index contributed by atoms with van der Waals surface area (Å²) in [6, 6.07) is 6.95. The highest BCUT2D eigenvalue weighted by Crippen LogP contribution is 2.18. The third-order valence-electron chi connectivity index (χ3n) is 3.62. The van der Waals surface area contributed by atoms with Crippen molar-refractivity contribution in [2.24, 2.45) is 0 Å². The molecule has 0 heterocycles. The van der Waals surface area contributed by atoms with Crippen molar-refractivity contribution in [3.05, 3.63) is 47.0 Å². The molecule has 1 aromatic rings. The van der Waals surface area contributed by atoms with Crippen molar-refractivity contribution in [3.63, 3.8) is 0 Å². The Labute approximate surface area is 114 Å². The standard InChI is InChI=1S/C16H21NO2/c18-16(19)15-8-6-14(7-9-15)12-17-11-10-13-4-2-1-3-5-13/h4,6-9,17H,1-3,5,10-12H2,(H,18,19). The molecule has 0 saturated carbocycles. The summed E-state index contributed by atoms with van der Waals surface area (Å²) < 4.78 is 0. The predicted octanol–water partition coefficient (Wildman–Crippen LogP) is 1.00. The molecule has 0 aromatic heterocycles. The molecule has 19 heavy (non-hydrogen) atoms. The summed E-state index contributed by atoms with van der Waals surface area (Å²) in [5.74, 6) is -1.11. The van der Waals surface area contributed by atoms with Crippen LogP contribution in [0.1, 0.15) is 48.0 Å². The van der Waals surface area contributed by atoms with Crippen molar-refractivity contribution >= 4 is 5.97 Å². The lowest BCUT2D eigenvalue weighted by molar-refractivity contribution is -0.670. The molecule has 0 spiro atoms. The fraction of sp³-hybridized carbons (Fsp3) is 0.438. The molecule has 1 aliphatic rings. The monoisotopic (exact) mass is 259 g/mol. The molecular formula is C16H21NO2. The van der Waals surface area contributed by atoms with Crippen LogP contribution in [0.3, 0.4) is 0 Å². The van der Waals surface area contributed by atoms with Gasteiger partial charge in [-0.2, -0.15) is 0 Å². The zero-order chi connectivity index (χ0) is 13.5. The molecule has 3 heteroatoms. The summed E-state index contributed by atoms with van der Waals surface area (Å²) in [7, 11) is 0. The van der Waals surface area contributed by atoms with E-state index < -0.39 is 5.97 Å². The number of aromatic carboxylic acids is 1. The van der Waals surface area contributed by atoms with Crippen LogP contribution in [0.15, 0.2) is 35.9 Å². The number of nitrogens with two attached hydrogens (primary N) is 1. The van der Waals surface area contributed by atoms with Gasteiger partial charge in [0.2, 0.25) is 0 Å².